The normalized spacial score (nSPS) is 21.7. The Morgan fingerprint density at radius 1 is 1.05 bits per heavy atom. The summed E-state index contributed by atoms with van der Waals surface area (Å²) in [5.74, 6) is 1.34. The van der Waals surface area contributed by atoms with Crippen molar-refractivity contribution < 1.29 is 9.59 Å². The van der Waals surface area contributed by atoms with E-state index in [9.17, 15) is 5.11 Å². The molecule has 1 unspecified atom stereocenters. The minimum atomic E-state index is 0.273. The third kappa shape index (κ3) is 6.62. The molecule has 1 atom stereocenters. The van der Waals surface area contributed by atoms with Crippen LogP contribution in [0.1, 0.15) is 71.6 Å². The van der Waals surface area contributed by atoms with Crippen LogP contribution in [0.5, 0.6) is 0 Å². The number of unbranched alkanes of at least 4 members (excludes halogenated alkanes) is 6. The molecule has 1 aliphatic rings. The number of likely N-dealkylation sites (N-methyl/N-ethyl adjacent to an activating group) is 1. The van der Waals surface area contributed by atoms with Gasteiger partial charge in [0.05, 0.1) is 19.7 Å². The van der Waals surface area contributed by atoms with Gasteiger partial charge in [-0.1, -0.05) is 38.3 Å². The molecule has 0 aromatic rings. The van der Waals surface area contributed by atoms with E-state index < -0.39 is 0 Å². The van der Waals surface area contributed by atoms with E-state index in [4.69, 9.17) is 4.99 Å². The fourth-order valence-corrected chi connectivity index (χ4v) is 3.37. The Bertz CT molecular complexity index is 338. The van der Waals surface area contributed by atoms with Crippen molar-refractivity contribution in [3.63, 3.8) is 0 Å². The lowest BCUT2D eigenvalue weighted by Gasteiger charge is -2.33. The lowest BCUT2D eigenvalue weighted by atomic mass is 10.1. The van der Waals surface area contributed by atoms with E-state index >= 15 is 0 Å². The molecule has 1 rings (SSSR count). The molecular weight excluding hydrogens is 272 g/mol. The first kappa shape index (κ1) is 19.4. The minimum Gasteiger partial charge on any atom is -0.390 e. The number of rotatable bonds is 13. The molecule has 0 spiro atoms. The molecule has 0 saturated heterocycles. The SMILES string of the molecule is CCCCC/C=C/CCCCCC1=NCC[N+]1(CC)CCO. The van der Waals surface area contributed by atoms with E-state index in [0.29, 0.717) is 0 Å². The summed E-state index contributed by atoms with van der Waals surface area (Å²) in [7, 11) is 0. The van der Waals surface area contributed by atoms with Crippen molar-refractivity contribution in [1.82, 2.24) is 0 Å². The van der Waals surface area contributed by atoms with Gasteiger partial charge in [-0.25, -0.2) is 4.99 Å². The molecule has 0 amide bonds. The maximum absolute atomic E-state index is 9.31. The smallest absolute Gasteiger partial charge is 0.198 e. The molecule has 3 nitrogen and oxygen atoms in total. The highest BCUT2D eigenvalue weighted by molar-refractivity contribution is 5.76. The molecule has 0 radical (unpaired) electrons. The molecular formula is C19H37N2O+. The van der Waals surface area contributed by atoms with E-state index in [2.05, 4.69) is 26.0 Å². The van der Waals surface area contributed by atoms with Crippen LogP contribution in [0.2, 0.25) is 0 Å². The summed E-state index contributed by atoms with van der Waals surface area (Å²) in [6.07, 6.45) is 16.2. The summed E-state index contributed by atoms with van der Waals surface area (Å²) in [5.41, 5.74) is 0. The summed E-state index contributed by atoms with van der Waals surface area (Å²) < 4.78 is 0.938. The van der Waals surface area contributed by atoms with Gasteiger partial charge in [0.15, 0.2) is 5.84 Å². The monoisotopic (exact) mass is 309 g/mol. The van der Waals surface area contributed by atoms with Crippen molar-refractivity contribution in [1.29, 1.82) is 0 Å². The van der Waals surface area contributed by atoms with Gasteiger partial charge in [-0.3, -0.25) is 4.48 Å². The number of nitrogens with zero attached hydrogens (tertiary/aromatic N) is 2. The second-order valence-corrected chi connectivity index (χ2v) is 6.50. The molecule has 0 bridgehead atoms. The van der Waals surface area contributed by atoms with Gasteiger partial charge in [0.25, 0.3) is 0 Å². The van der Waals surface area contributed by atoms with Crippen molar-refractivity contribution in [2.75, 3.05) is 32.8 Å². The highest BCUT2D eigenvalue weighted by Crippen LogP contribution is 2.19. The molecule has 0 saturated carbocycles. The van der Waals surface area contributed by atoms with E-state index in [1.54, 1.807) is 0 Å². The fourth-order valence-electron chi connectivity index (χ4n) is 3.37. The molecule has 1 heterocycles. The van der Waals surface area contributed by atoms with Crippen LogP contribution in [0.4, 0.5) is 0 Å². The maximum Gasteiger partial charge on any atom is 0.198 e. The molecule has 0 aromatic carbocycles. The zero-order chi connectivity index (χ0) is 16.1. The van der Waals surface area contributed by atoms with Gasteiger partial charge < -0.3 is 5.11 Å². The maximum atomic E-state index is 9.31. The second kappa shape index (κ2) is 11.8. The van der Waals surface area contributed by atoms with Crippen molar-refractivity contribution >= 4 is 5.84 Å². The number of aliphatic imine (C=N–C) groups is 1. The first-order valence-corrected chi connectivity index (χ1v) is 9.45. The van der Waals surface area contributed by atoms with Crippen LogP contribution in [-0.2, 0) is 0 Å². The second-order valence-electron chi connectivity index (χ2n) is 6.50. The predicted octanol–water partition coefficient (Wildman–Crippen LogP) is 4.31. The molecule has 1 aliphatic heterocycles. The lowest BCUT2D eigenvalue weighted by molar-refractivity contribution is -0.835. The van der Waals surface area contributed by atoms with Crippen LogP contribution in [0.3, 0.4) is 0 Å². The summed E-state index contributed by atoms with van der Waals surface area (Å²) >= 11 is 0. The third-order valence-electron chi connectivity index (χ3n) is 4.92. The summed E-state index contributed by atoms with van der Waals surface area (Å²) in [6, 6.07) is 0. The Hall–Kier alpha value is -0.670. The molecule has 128 valence electrons. The van der Waals surface area contributed by atoms with Crippen LogP contribution < -0.4 is 0 Å². The Kier molecular flexibility index (Phi) is 10.4. The Morgan fingerprint density at radius 3 is 2.41 bits per heavy atom. The van der Waals surface area contributed by atoms with Gasteiger partial charge in [0.2, 0.25) is 0 Å². The summed E-state index contributed by atoms with van der Waals surface area (Å²) in [6.45, 7) is 8.70. The number of hydrogen-bond donors (Lipinski definition) is 1. The highest BCUT2D eigenvalue weighted by atomic mass is 16.3. The van der Waals surface area contributed by atoms with Crippen LogP contribution >= 0.6 is 0 Å². The average Bonchev–Trinajstić information content (AvgIpc) is 2.93. The number of amidine groups is 1. The van der Waals surface area contributed by atoms with Gasteiger partial charge >= 0.3 is 0 Å². The van der Waals surface area contributed by atoms with Crippen LogP contribution in [0.25, 0.3) is 0 Å². The van der Waals surface area contributed by atoms with Crippen LogP contribution in [-0.4, -0.2) is 48.2 Å². The average molecular weight is 310 g/mol. The standard InChI is InChI=1S/C19H37N2O/c1-3-5-6-7-8-9-10-11-12-13-14-19-20-15-16-21(19,4-2)17-18-22/h8-9,22H,3-7,10-18H2,1-2H3/q+1/b9-8+. The van der Waals surface area contributed by atoms with Gasteiger partial charge in [0.1, 0.15) is 13.1 Å². The zero-order valence-electron chi connectivity index (χ0n) is 14.9. The number of allylic oxidation sites excluding steroid dienone is 2. The highest BCUT2D eigenvalue weighted by Gasteiger charge is 2.35. The zero-order valence-corrected chi connectivity index (χ0v) is 14.9. The number of hydrogen-bond acceptors (Lipinski definition) is 2. The van der Waals surface area contributed by atoms with Crippen molar-refractivity contribution in [3.05, 3.63) is 12.2 Å². The van der Waals surface area contributed by atoms with E-state index in [1.807, 2.05) is 0 Å². The Morgan fingerprint density at radius 2 is 1.77 bits per heavy atom. The van der Waals surface area contributed by atoms with Gasteiger partial charge in [-0.2, -0.15) is 0 Å². The van der Waals surface area contributed by atoms with E-state index in [-0.39, 0.29) is 6.61 Å². The van der Waals surface area contributed by atoms with Crippen molar-refractivity contribution in [2.45, 2.75) is 71.6 Å². The quantitative estimate of drug-likeness (QED) is 0.307. The Labute approximate surface area is 137 Å². The van der Waals surface area contributed by atoms with Crippen molar-refractivity contribution in [2.24, 2.45) is 4.99 Å². The topological polar surface area (TPSA) is 32.6 Å². The molecule has 1 N–H and O–H groups in total. The number of quaternary nitrogens is 1. The largest absolute Gasteiger partial charge is 0.390 e. The predicted molar refractivity (Wildman–Crippen MR) is 96.3 cm³/mol. The van der Waals surface area contributed by atoms with Crippen molar-refractivity contribution in [3.8, 4) is 0 Å². The first-order chi connectivity index (χ1) is 10.8. The first-order valence-electron chi connectivity index (χ1n) is 9.45. The lowest BCUT2D eigenvalue weighted by Crippen LogP contribution is -2.52. The van der Waals surface area contributed by atoms with Gasteiger partial charge in [-0.15, -0.1) is 0 Å². The molecule has 0 aromatic heterocycles. The molecule has 0 aliphatic carbocycles. The molecule has 3 heteroatoms. The molecule has 0 fully saturated rings. The Balaban J connectivity index is 2.11. The third-order valence-corrected chi connectivity index (χ3v) is 4.92. The van der Waals surface area contributed by atoms with Crippen LogP contribution in [0, 0.1) is 0 Å². The summed E-state index contributed by atoms with van der Waals surface area (Å²) in [4.78, 5) is 4.72. The van der Waals surface area contributed by atoms with Gasteiger partial charge in [0, 0.05) is 6.42 Å². The number of aliphatic hydroxyl groups is 1. The van der Waals surface area contributed by atoms with E-state index in [0.717, 1.165) is 37.1 Å². The van der Waals surface area contributed by atoms with Gasteiger partial charge in [-0.05, 0) is 39.0 Å². The fraction of sp³-hybridized carbons (Fsp3) is 0.842. The van der Waals surface area contributed by atoms with Crippen LogP contribution in [0.15, 0.2) is 17.1 Å². The molecule has 22 heavy (non-hydrogen) atoms. The minimum absolute atomic E-state index is 0.273. The van der Waals surface area contributed by atoms with E-state index in [1.165, 1.54) is 57.2 Å². The summed E-state index contributed by atoms with van der Waals surface area (Å²) in [5, 5.41) is 9.31. The number of aliphatic hydroxyl groups excluding tert-OH is 1.